The van der Waals surface area contributed by atoms with Gasteiger partial charge in [0.05, 0.1) is 6.04 Å². The van der Waals surface area contributed by atoms with Gasteiger partial charge in [-0.1, -0.05) is 0 Å². The maximum atomic E-state index is 12.2. The summed E-state index contributed by atoms with van der Waals surface area (Å²) in [5, 5.41) is 2.48. The Morgan fingerprint density at radius 2 is 2.16 bits per heavy atom. The number of hydrazine groups is 1. The van der Waals surface area contributed by atoms with Gasteiger partial charge in [-0.25, -0.2) is 29.0 Å². The second-order valence-electron chi connectivity index (χ2n) is 3.71. The lowest BCUT2D eigenvalue weighted by molar-refractivity contribution is 0.566. The molecule has 1 unspecified atom stereocenters. The maximum absolute atomic E-state index is 12.2. The average molecular weight is 299 g/mol. The molecule has 0 saturated carbocycles. The SMILES string of the molecule is CC(NS(=O)(=O)c1cccnc1NN)c1nccs1. The number of thiazole rings is 1. The molecule has 9 heteroatoms. The van der Waals surface area contributed by atoms with Crippen LogP contribution in [0, 0.1) is 0 Å². The van der Waals surface area contributed by atoms with Gasteiger partial charge in [0, 0.05) is 17.8 Å². The van der Waals surface area contributed by atoms with Crippen molar-refractivity contribution in [2.24, 2.45) is 5.84 Å². The zero-order valence-corrected chi connectivity index (χ0v) is 11.7. The lowest BCUT2D eigenvalue weighted by Crippen LogP contribution is -2.28. The van der Waals surface area contributed by atoms with Crippen molar-refractivity contribution in [3.63, 3.8) is 0 Å². The monoisotopic (exact) mass is 299 g/mol. The largest absolute Gasteiger partial charge is 0.307 e. The fourth-order valence-electron chi connectivity index (χ4n) is 1.51. The first kappa shape index (κ1) is 13.9. The summed E-state index contributed by atoms with van der Waals surface area (Å²) in [7, 11) is -3.72. The third-order valence-electron chi connectivity index (χ3n) is 2.35. The molecule has 2 heterocycles. The van der Waals surface area contributed by atoms with Crippen molar-refractivity contribution in [3.05, 3.63) is 34.9 Å². The minimum Gasteiger partial charge on any atom is -0.307 e. The molecule has 0 amide bonds. The molecule has 19 heavy (non-hydrogen) atoms. The van der Waals surface area contributed by atoms with E-state index in [9.17, 15) is 8.42 Å². The first-order valence-corrected chi connectivity index (χ1v) is 7.74. The van der Waals surface area contributed by atoms with Crippen LogP contribution in [0.25, 0.3) is 0 Å². The molecule has 2 rings (SSSR count). The van der Waals surface area contributed by atoms with Crippen LogP contribution >= 0.6 is 11.3 Å². The number of nitrogens with one attached hydrogen (secondary N) is 2. The Balaban J connectivity index is 2.28. The van der Waals surface area contributed by atoms with Crippen molar-refractivity contribution < 1.29 is 8.42 Å². The van der Waals surface area contributed by atoms with Gasteiger partial charge in [-0.15, -0.1) is 11.3 Å². The van der Waals surface area contributed by atoms with E-state index in [-0.39, 0.29) is 10.7 Å². The highest BCUT2D eigenvalue weighted by atomic mass is 32.2. The predicted molar refractivity (Wildman–Crippen MR) is 72.9 cm³/mol. The molecule has 0 radical (unpaired) electrons. The Morgan fingerprint density at radius 3 is 2.79 bits per heavy atom. The maximum Gasteiger partial charge on any atom is 0.244 e. The van der Waals surface area contributed by atoms with Crippen LogP contribution in [0.1, 0.15) is 18.0 Å². The molecule has 0 fully saturated rings. The van der Waals surface area contributed by atoms with E-state index in [4.69, 9.17) is 5.84 Å². The summed E-state index contributed by atoms with van der Waals surface area (Å²) in [5.74, 6) is 5.36. The zero-order valence-electron chi connectivity index (χ0n) is 10.1. The summed E-state index contributed by atoms with van der Waals surface area (Å²) in [6.07, 6.45) is 3.08. The van der Waals surface area contributed by atoms with Crippen LogP contribution in [0.3, 0.4) is 0 Å². The van der Waals surface area contributed by atoms with E-state index in [1.807, 2.05) is 0 Å². The minimum absolute atomic E-state index is 0.000839. The van der Waals surface area contributed by atoms with Crippen molar-refractivity contribution in [1.29, 1.82) is 0 Å². The first-order valence-electron chi connectivity index (χ1n) is 5.38. The van der Waals surface area contributed by atoms with E-state index in [1.165, 1.54) is 29.7 Å². The average Bonchev–Trinajstić information content (AvgIpc) is 2.92. The number of sulfonamides is 1. The second-order valence-corrected chi connectivity index (χ2v) is 6.32. The van der Waals surface area contributed by atoms with Gasteiger partial charge in [-0.3, -0.25) is 0 Å². The van der Waals surface area contributed by atoms with Crippen LogP contribution < -0.4 is 16.0 Å². The lowest BCUT2D eigenvalue weighted by Gasteiger charge is -2.13. The molecule has 0 spiro atoms. The molecule has 0 aromatic carbocycles. The molecule has 2 aromatic heterocycles. The van der Waals surface area contributed by atoms with Crippen LogP contribution in [-0.4, -0.2) is 18.4 Å². The van der Waals surface area contributed by atoms with Gasteiger partial charge >= 0.3 is 0 Å². The molecule has 7 nitrogen and oxygen atoms in total. The highest BCUT2D eigenvalue weighted by Crippen LogP contribution is 2.21. The predicted octanol–water partition coefficient (Wildman–Crippen LogP) is 0.863. The quantitative estimate of drug-likeness (QED) is 0.558. The lowest BCUT2D eigenvalue weighted by atomic mass is 10.4. The van der Waals surface area contributed by atoms with Gasteiger partial charge in [0.2, 0.25) is 10.0 Å². The molecular weight excluding hydrogens is 286 g/mol. The van der Waals surface area contributed by atoms with E-state index >= 15 is 0 Å². The molecule has 4 N–H and O–H groups in total. The second kappa shape index (κ2) is 5.61. The van der Waals surface area contributed by atoms with Gasteiger partial charge < -0.3 is 5.43 Å². The molecular formula is C10H13N5O2S2. The Morgan fingerprint density at radius 1 is 1.37 bits per heavy atom. The van der Waals surface area contributed by atoms with Gasteiger partial charge in [0.25, 0.3) is 0 Å². The molecule has 0 aliphatic rings. The summed E-state index contributed by atoms with van der Waals surface area (Å²) in [4.78, 5) is 7.94. The Kier molecular flexibility index (Phi) is 4.10. The molecule has 0 aliphatic heterocycles. The van der Waals surface area contributed by atoms with Crippen LogP contribution in [-0.2, 0) is 10.0 Å². The van der Waals surface area contributed by atoms with E-state index < -0.39 is 16.1 Å². The van der Waals surface area contributed by atoms with Crippen molar-refractivity contribution in [3.8, 4) is 0 Å². The van der Waals surface area contributed by atoms with Crippen LogP contribution in [0.4, 0.5) is 5.82 Å². The van der Waals surface area contributed by atoms with Gasteiger partial charge in [-0.05, 0) is 19.1 Å². The van der Waals surface area contributed by atoms with Crippen LogP contribution in [0.5, 0.6) is 0 Å². The number of hydrogen-bond acceptors (Lipinski definition) is 7. The standard InChI is InChI=1S/C10H13N5O2S2/c1-7(10-13-5-6-18-10)15-19(16,17)8-3-2-4-12-9(8)14-11/h2-7,15H,11H2,1H3,(H,12,14). The van der Waals surface area contributed by atoms with Crippen molar-refractivity contribution in [1.82, 2.24) is 14.7 Å². The van der Waals surface area contributed by atoms with E-state index in [2.05, 4.69) is 20.1 Å². The van der Waals surface area contributed by atoms with Gasteiger partial charge in [0.1, 0.15) is 9.90 Å². The fourth-order valence-corrected chi connectivity index (χ4v) is 3.56. The topological polar surface area (TPSA) is 110 Å². The first-order chi connectivity index (χ1) is 9.04. The highest BCUT2D eigenvalue weighted by Gasteiger charge is 2.22. The summed E-state index contributed by atoms with van der Waals surface area (Å²) < 4.78 is 27.0. The number of hydrogen-bond donors (Lipinski definition) is 3. The third kappa shape index (κ3) is 3.07. The number of aromatic nitrogens is 2. The molecule has 102 valence electrons. The number of nitrogens with two attached hydrogens (primary N) is 1. The van der Waals surface area contributed by atoms with Crippen molar-refractivity contribution in [2.45, 2.75) is 17.9 Å². The summed E-state index contributed by atoms with van der Waals surface area (Å²) in [6, 6.07) is 2.54. The van der Waals surface area contributed by atoms with Gasteiger partial charge in [-0.2, -0.15) is 0 Å². The summed E-state index contributed by atoms with van der Waals surface area (Å²) in [5.41, 5.74) is 2.27. The summed E-state index contributed by atoms with van der Waals surface area (Å²) >= 11 is 1.38. The third-order valence-corrected chi connectivity index (χ3v) is 4.88. The Bertz CT molecular complexity index is 642. The van der Waals surface area contributed by atoms with E-state index in [0.717, 1.165) is 0 Å². The van der Waals surface area contributed by atoms with Gasteiger partial charge in [0.15, 0.2) is 5.82 Å². The number of anilines is 1. The van der Waals surface area contributed by atoms with Crippen molar-refractivity contribution in [2.75, 3.05) is 5.43 Å². The van der Waals surface area contributed by atoms with E-state index in [0.29, 0.717) is 5.01 Å². The minimum atomic E-state index is -3.72. The number of pyridine rings is 1. The summed E-state index contributed by atoms with van der Waals surface area (Å²) in [6.45, 7) is 1.72. The smallest absolute Gasteiger partial charge is 0.244 e. The number of rotatable bonds is 5. The normalized spacial score (nSPS) is 13.2. The molecule has 0 bridgehead atoms. The Hall–Kier alpha value is -1.55. The zero-order chi connectivity index (χ0) is 13.9. The highest BCUT2D eigenvalue weighted by molar-refractivity contribution is 7.89. The molecule has 1 atom stereocenters. The van der Waals surface area contributed by atoms with E-state index in [1.54, 1.807) is 18.5 Å². The number of nitrogen functional groups attached to an aromatic ring is 1. The van der Waals surface area contributed by atoms with Crippen molar-refractivity contribution >= 4 is 27.2 Å². The molecule has 0 aliphatic carbocycles. The molecule has 2 aromatic rings. The van der Waals surface area contributed by atoms with Crippen LogP contribution in [0.2, 0.25) is 0 Å². The fraction of sp³-hybridized carbons (Fsp3) is 0.200. The number of nitrogens with zero attached hydrogens (tertiary/aromatic N) is 2. The van der Waals surface area contributed by atoms with Crippen LogP contribution in [0.15, 0.2) is 34.8 Å². The molecule has 0 saturated heterocycles. The Labute approximate surface area is 114 Å².